The van der Waals surface area contributed by atoms with Crippen LogP contribution in [0.25, 0.3) is 10.9 Å². The number of amides is 2. The van der Waals surface area contributed by atoms with Crippen LogP contribution in [0.2, 0.25) is 0 Å². The lowest BCUT2D eigenvalue weighted by Crippen LogP contribution is -2.46. The molecule has 0 spiro atoms. The van der Waals surface area contributed by atoms with Crippen molar-refractivity contribution in [1.82, 2.24) is 14.8 Å². The fourth-order valence-corrected chi connectivity index (χ4v) is 4.28. The summed E-state index contributed by atoms with van der Waals surface area (Å²) in [6.07, 6.45) is 5.84. The van der Waals surface area contributed by atoms with Crippen molar-refractivity contribution < 1.29 is 19.8 Å². The van der Waals surface area contributed by atoms with Gasteiger partial charge in [-0.1, -0.05) is 31.9 Å². The van der Waals surface area contributed by atoms with E-state index in [1.807, 2.05) is 0 Å². The largest absolute Gasteiger partial charge is 0.506 e. The van der Waals surface area contributed by atoms with Crippen molar-refractivity contribution in [3.63, 3.8) is 0 Å². The van der Waals surface area contributed by atoms with E-state index in [9.17, 15) is 24.6 Å². The number of hydrogen-bond donors (Lipinski definition) is 3. The Morgan fingerprint density at radius 1 is 1.10 bits per heavy atom. The van der Waals surface area contributed by atoms with Crippen molar-refractivity contribution in [2.45, 2.75) is 44.6 Å². The zero-order valence-corrected chi connectivity index (χ0v) is 17.5. The molecule has 1 heterocycles. The third kappa shape index (κ3) is 5.45. The Kier molecular flexibility index (Phi) is 7.33. The molecule has 3 rings (SSSR count). The zero-order chi connectivity index (χ0) is 22.4. The number of rotatable bonds is 8. The van der Waals surface area contributed by atoms with Crippen LogP contribution in [0.15, 0.2) is 41.7 Å². The number of nitrogens with zero attached hydrogens (tertiary/aromatic N) is 2. The smallest absolute Gasteiger partial charge is 0.407 e. The number of fused-ring (bicyclic) bond motifs is 1. The number of hydrogen-bond acceptors (Lipinski definition) is 4. The van der Waals surface area contributed by atoms with Crippen LogP contribution in [0, 0.1) is 0 Å². The van der Waals surface area contributed by atoms with E-state index in [1.165, 1.54) is 29.5 Å². The minimum Gasteiger partial charge on any atom is -0.506 e. The van der Waals surface area contributed by atoms with Gasteiger partial charge < -0.3 is 25.0 Å². The van der Waals surface area contributed by atoms with Crippen molar-refractivity contribution in [3.05, 3.63) is 52.8 Å². The van der Waals surface area contributed by atoms with Crippen LogP contribution in [0.3, 0.4) is 0 Å². The van der Waals surface area contributed by atoms with Crippen molar-refractivity contribution >= 4 is 22.9 Å². The van der Waals surface area contributed by atoms with E-state index in [0.717, 1.165) is 31.2 Å². The number of pyridine rings is 1. The predicted octanol–water partition coefficient (Wildman–Crippen LogP) is 3.10. The Bertz CT molecular complexity index is 1010. The van der Waals surface area contributed by atoms with Crippen molar-refractivity contribution in [3.8, 4) is 5.75 Å². The highest BCUT2D eigenvalue weighted by Crippen LogP contribution is 2.25. The average molecular weight is 428 g/mol. The third-order valence-electron chi connectivity index (χ3n) is 5.97. The zero-order valence-electron chi connectivity index (χ0n) is 17.5. The second-order valence-corrected chi connectivity index (χ2v) is 7.90. The molecule has 0 bridgehead atoms. The quantitative estimate of drug-likeness (QED) is 0.560. The number of H-pyrrole nitrogens is 1. The van der Waals surface area contributed by atoms with E-state index in [0.29, 0.717) is 23.9 Å². The van der Waals surface area contributed by atoms with Gasteiger partial charge in [0.1, 0.15) is 5.75 Å². The maximum atomic E-state index is 12.4. The highest BCUT2D eigenvalue weighted by atomic mass is 16.4. The minimum absolute atomic E-state index is 0.0300. The first-order valence-electron chi connectivity index (χ1n) is 10.7. The van der Waals surface area contributed by atoms with Gasteiger partial charge in [-0.05, 0) is 43.0 Å². The molecular weight excluding hydrogens is 398 g/mol. The number of nitrogens with one attached hydrogen (secondary N) is 1. The molecule has 1 saturated carbocycles. The molecule has 8 heteroatoms. The van der Waals surface area contributed by atoms with E-state index in [1.54, 1.807) is 17.0 Å². The third-order valence-corrected chi connectivity index (χ3v) is 5.97. The molecule has 3 N–H and O–H groups in total. The maximum Gasteiger partial charge on any atom is 0.407 e. The maximum absolute atomic E-state index is 12.4. The Labute approximate surface area is 180 Å². The van der Waals surface area contributed by atoms with Crippen LogP contribution in [-0.2, 0) is 11.2 Å². The molecule has 8 nitrogen and oxygen atoms in total. The van der Waals surface area contributed by atoms with Crippen LogP contribution < -0.4 is 5.56 Å². The molecular formula is C23H29N3O5. The highest BCUT2D eigenvalue weighted by molar-refractivity contribution is 5.87. The Hall–Kier alpha value is -3.29. The summed E-state index contributed by atoms with van der Waals surface area (Å²) in [6, 6.07) is 6.36. The lowest BCUT2D eigenvalue weighted by atomic mass is 9.94. The minimum atomic E-state index is -1.05. The number of aromatic amines is 1. The number of aromatic nitrogens is 1. The summed E-state index contributed by atoms with van der Waals surface area (Å²) >= 11 is 0. The summed E-state index contributed by atoms with van der Waals surface area (Å²) in [5.74, 6) is -0.191. The van der Waals surface area contributed by atoms with Crippen molar-refractivity contribution in [1.29, 1.82) is 0 Å². The Morgan fingerprint density at radius 3 is 2.52 bits per heavy atom. The number of aromatic hydroxyl groups is 1. The highest BCUT2D eigenvalue weighted by Gasteiger charge is 2.25. The van der Waals surface area contributed by atoms with Gasteiger partial charge in [0.2, 0.25) is 11.5 Å². The fourth-order valence-electron chi connectivity index (χ4n) is 4.28. The Morgan fingerprint density at radius 2 is 1.84 bits per heavy atom. The van der Waals surface area contributed by atoms with Crippen LogP contribution in [0.1, 0.15) is 37.7 Å². The number of carbonyl (C=O) groups is 2. The molecule has 0 radical (unpaired) electrons. The van der Waals surface area contributed by atoms with Crippen LogP contribution in [0.4, 0.5) is 4.79 Å². The molecule has 1 aromatic carbocycles. The van der Waals surface area contributed by atoms with Crippen LogP contribution in [-0.4, -0.2) is 62.7 Å². The molecule has 0 saturated heterocycles. The summed E-state index contributed by atoms with van der Waals surface area (Å²) < 4.78 is 0. The van der Waals surface area contributed by atoms with Gasteiger partial charge in [0, 0.05) is 37.1 Å². The first kappa shape index (κ1) is 22.4. The first-order valence-corrected chi connectivity index (χ1v) is 10.7. The number of carbonyl (C=O) groups excluding carboxylic acids is 1. The summed E-state index contributed by atoms with van der Waals surface area (Å²) in [5.41, 5.74) is 0.843. The summed E-state index contributed by atoms with van der Waals surface area (Å²) in [7, 11) is 0. The Balaban J connectivity index is 1.70. The molecule has 1 fully saturated rings. The molecule has 0 aliphatic heterocycles. The van der Waals surface area contributed by atoms with Gasteiger partial charge in [0.05, 0.1) is 5.52 Å². The predicted molar refractivity (Wildman–Crippen MR) is 118 cm³/mol. The van der Waals surface area contributed by atoms with Gasteiger partial charge in [0.15, 0.2) is 0 Å². The number of benzene rings is 1. The normalized spacial score (nSPS) is 14.3. The second kappa shape index (κ2) is 10.1. The van der Waals surface area contributed by atoms with Gasteiger partial charge in [-0.25, -0.2) is 4.79 Å². The topological polar surface area (TPSA) is 114 Å². The molecule has 31 heavy (non-hydrogen) atoms. The van der Waals surface area contributed by atoms with E-state index >= 15 is 0 Å². The average Bonchev–Trinajstić information content (AvgIpc) is 2.77. The SMILES string of the molecule is C=CC(=O)N(CCN(CCc1ccc(O)c2[nH]c(=O)ccc12)C(=O)O)C1CCCCC1. The second-order valence-electron chi connectivity index (χ2n) is 7.90. The van der Waals surface area contributed by atoms with E-state index in [-0.39, 0.29) is 36.3 Å². The molecule has 166 valence electrons. The van der Waals surface area contributed by atoms with Gasteiger partial charge in [0.25, 0.3) is 0 Å². The lowest BCUT2D eigenvalue weighted by molar-refractivity contribution is -0.129. The summed E-state index contributed by atoms with van der Waals surface area (Å²) in [4.78, 5) is 41.4. The van der Waals surface area contributed by atoms with Crippen LogP contribution in [0.5, 0.6) is 5.75 Å². The van der Waals surface area contributed by atoms with Gasteiger partial charge in [-0.2, -0.15) is 0 Å². The van der Waals surface area contributed by atoms with Gasteiger partial charge in [-0.15, -0.1) is 0 Å². The standard InChI is InChI=1S/C23H29N3O5/c1-2-21(29)26(17-6-4-3-5-7-17)15-14-25(23(30)31)13-12-16-8-10-19(27)22-18(16)9-11-20(28)24-22/h2,8-11,17,27H,1,3-7,12-15H2,(H,24,28)(H,30,31). The van der Waals surface area contributed by atoms with Crippen LogP contribution >= 0.6 is 0 Å². The van der Waals surface area contributed by atoms with E-state index in [2.05, 4.69) is 11.6 Å². The summed E-state index contributed by atoms with van der Waals surface area (Å²) in [6.45, 7) is 4.35. The molecule has 2 amide bonds. The van der Waals surface area contributed by atoms with E-state index in [4.69, 9.17) is 0 Å². The monoisotopic (exact) mass is 427 g/mol. The lowest BCUT2D eigenvalue weighted by Gasteiger charge is -2.35. The van der Waals surface area contributed by atoms with Crippen molar-refractivity contribution in [2.24, 2.45) is 0 Å². The first-order chi connectivity index (χ1) is 14.9. The van der Waals surface area contributed by atoms with E-state index < -0.39 is 6.09 Å². The molecule has 0 atom stereocenters. The fraction of sp³-hybridized carbons (Fsp3) is 0.435. The molecule has 2 aromatic rings. The van der Waals surface area contributed by atoms with Gasteiger partial charge >= 0.3 is 6.09 Å². The molecule has 0 unspecified atom stereocenters. The number of phenolic OH excluding ortho intramolecular Hbond substituents is 1. The molecule has 1 aliphatic carbocycles. The number of carboxylic acid groups (broad SMARTS) is 1. The summed E-state index contributed by atoms with van der Waals surface area (Å²) in [5, 5.41) is 20.4. The van der Waals surface area contributed by atoms with Crippen molar-refractivity contribution in [2.75, 3.05) is 19.6 Å². The van der Waals surface area contributed by atoms with Gasteiger partial charge in [-0.3, -0.25) is 9.59 Å². The molecule has 1 aromatic heterocycles. The molecule has 1 aliphatic rings. The number of phenols is 1.